The van der Waals surface area contributed by atoms with Gasteiger partial charge in [-0.05, 0) is 49.9 Å². The summed E-state index contributed by atoms with van der Waals surface area (Å²) < 4.78 is 0. The summed E-state index contributed by atoms with van der Waals surface area (Å²) in [7, 11) is 0. The molecule has 1 aliphatic rings. The lowest BCUT2D eigenvalue weighted by Crippen LogP contribution is -2.53. The van der Waals surface area contributed by atoms with E-state index in [-0.39, 0.29) is 11.0 Å². The molecular weight excluding hydrogens is 232 g/mol. The Morgan fingerprint density at radius 2 is 1.63 bits per heavy atom. The first-order valence-electron chi connectivity index (χ1n) is 8.08. The van der Waals surface area contributed by atoms with Gasteiger partial charge in [-0.2, -0.15) is 0 Å². The predicted molar refractivity (Wildman–Crippen MR) is 85.3 cm³/mol. The zero-order chi connectivity index (χ0) is 14.7. The average Bonchev–Trinajstić information content (AvgIpc) is 2.63. The molecule has 0 atom stereocenters. The molecule has 1 aliphatic carbocycles. The Morgan fingerprint density at radius 1 is 1.11 bits per heavy atom. The molecule has 0 aromatic carbocycles. The minimum atomic E-state index is -0.138. The van der Waals surface area contributed by atoms with Gasteiger partial charge in [0.25, 0.3) is 0 Å². The topological polar surface area (TPSA) is 38.0 Å². The van der Waals surface area contributed by atoms with Crippen molar-refractivity contribution in [1.29, 1.82) is 0 Å². The van der Waals surface area contributed by atoms with Gasteiger partial charge in [-0.15, -0.1) is 0 Å². The molecule has 3 N–H and O–H groups in total. The number of nitrogens with two attached hydrogens (primary N) is 1. The normalized spacial score (nSPS) is 20.2. The van der Waals surface area contributed by atoms with E-state index in [0.29, 0.717) is 5.41 Å². The third-order valence-electron chi connectivity index (χ3n) is 5.32. The Balaban J connectivity index is 2.50. The Morgan fingerprint density at radius 3 is 2.05 bits per heavy atom. The van der Waals surface area contributed by atoms with E-state index in [4.69, 9.17) is 5.73 Å². The van der Waals surface area contributed by atoms with E-state index in [1.54, 1.807) is 0 Å². The van der Waals surface area contributed by atoms with Crippen molar-refractivity contribution in [3.05, 3.63) is 0 Å². The Hall–Kier alpha value is -0.0800. The number of nitrogens with one attached hydrogen (secondary N) is 1. The van der Waals surface area contributed by atoms with E-state index in [1.165, 1.54) is 38.6 Å². The number of hydrogen-bond acceptors (Lipinski definition) is 2. The summed E-state index contributed by atoms with van der Waals surface area (Å²) >= 11 is 0. The second-order valence-corrected chi connectivity index (χ2v) is 8.51. The zero-order valence-electron chi connectivity index (χ0n) is 14.1. The van der Waals surface area contributed by atoms with Crippen molar-refractivity contribution in [2.45, 2.75) is 79.2 Å². The molecule has 0 aliphatic heterocycles. The summed E-state index contributed by atoms with van der Waals surface area (Å²) in [6, 6.07) is 0. The summed E-state index contributed by atoms with van der Waals surface area (Å²) in [6.07, 6.45) is 7.02. The van der Waals surface area contributed by atoms with Crippen LogP contribution in [-0.4, -0.2) is 18.6 Å². The second kappa shape index (κ2) is 6.13. The van der Waals surface area contributed by atoms with Crippen molar-refractivity contribution in [3.63, 3.8) is 0 Å². The molecule has 0 amide bonds. The highest BCUT2D eigenvalue weighted by Gasteiger charge is 2.36. The van der Waals surface area contributed by atoms with Crippen LogP contribution in [0.4, 0.5) is 0 Å². The highest BCUT2D eigenvalue weighted by Crippen LogP contribution is 2.42. The molecule has 1 rings (SSSR count). The molecule has 0 bridgehead atoms. The van der Waals surface area contributed by atoms with Gasteiger partial charge in [0.1, 0.15) is 0 Å². The summed E-state index contributed by atoms with van der Waals surface area (Å²) in [5.41, 5.74) is 6.83. The summed E-state index contributed by atoms with van der Waals surface area (Å²) in [4.78, 5) is 0. The van der Waals surface area contributed by atoms with Gasteiger partial charge in [0.2, 0.25) is 0 Å². The van der Waals surface area contributed by atoms with E-state index in [0.717, 1.165) is 12.5 Å². The van der Waals surface area contributed by atoms with Crippen LogP contribution >= 0.6 is 0 Å². The van der Waals surface area contributed by atoms with Gasteiger partial charge in [-0.3, -0.25) is 0 Å². The standard InChI is InChI=1S/C17H36N2/c1-14(2)11-17(9-7-8-10-17)13-19-12-15(3,4)16(5,6)18/h14,19H,7-13,18H2,1-6H3. The van der Waals surface area contributed by atoms with E-state index in [9.17, 15) is 0 Å². The van der Waals surface area contributed by atoms with E-state index in [2.05, 4.69) is 46.9 Å². The quantitative estimate of drug-likeness (QED) is 0.734. The molecule has 0 spiro atoms. The fourth-order valence-corrected chi connectivity index (χ4v) is 3.31. The van der Waals surface area contributed by atoms with Gasteiger partial charge in [0, 0.05) is 18.6 Å². The van der Waals surface area contributed by atoms with Gasteiger partial charge in [-0.25, -0.2) is 0 Å². The fourth-order valence-electron chi connectivity index (χ4n) is 3.31. The maximum Gasteiger partial charge on any atom is 0.0161 e. The zero-order valence-corrected chi connectivity index (χ0v) is 14.1. The first kappa shape index (κ1) is 17.0. The SMILES string of the molecule is CC(C)CC1(CNCC(C)(C)C(C)(C)N)CCCC1. The maximum atomic E-state index is 6.28. The largest absolute Gasteiger partial charge is 0.325 e. The summed E-state index contributed by atoms with van der Waals surface area (Å²) in [6.45, 7) is 15.7. The fraction of sp³-hybridized carbons (Fsp3) is 1.00. The van der Waals surface area contributed by atoms with Crippen LogP contribution in [0.2, 0.25) is 0 Å². The van der Waals surface area contributed by atoms with Crippen LogP contribution in [0.25, 0.3) is 0 Å². The van der Waals surface area contributed by atoms with E-state index in [1.807, 2.05) is 0 Å². The molecule has 19 heavy (non-hydrogen) atoms. The number of hydrogen-bond donors (Lipinski definition) is 2. The lowest BCUT2D eigenvalue weighted by Gasteiger charge is -2.40. The Bertz CT molecular complexity index is 267. The van der Waals surface area contributed by atoms with Crippen molar-refractivity contribution >= 4 is 0 Å². The molecule has 2 nitrogen and oxygen atoms in total. The van der Waals surface area contributed by atoms with Crippen LogP contribution in [0.5, 0.6) is 0 Å². The predicted octanol–water partition coefficient (Wildman–Crippen LogP) is 3.95. The van der Waals surface area contributed by atoms with Crippen molar-refractivity contribution in [2.75, 3.05) is 13.1 Å². The molecule has 0 aromatic heterocycles. The third-order valence-corrected chi connectivity index (χ3v) is 5.32. The van der Waals surface area contributed by atoms with Gasteiger partial charge in [0.05, 0.1) is 0 Å². The van der Waals surface area contributed by atoms with Crippen molar-refractivity contribution in [3.8, 4) is 0 Å². The monoisotopic (exact) mass is 268 g/mol. The average molecular weight is 268 g/mol. The third kappa shape index (κ3) is 4.75. The van der Waals surface area contributed by atoms with Crippen LogP contribution in [0.1, 0.15) is 73.6 Å². The maximum absolute atomic E-state index is 6.28. The van der Waals surface area contributed by atoms with Crippen molar-refractivity contribution in [2.24, 2.45) is 22.5 Å². The Labute approximate surface area is 120 Å². The summed E-state index contributed by atoms with van der Waals surface area (Å²) in [5.74, 6) is 0.804. The first-order chi connectivity index (χ1) is 8.58. The molecule has 0 unspecified atom stereocenters. The van der Waals surface area contributed by atoms with Gasteiger partial charge >= 0.3 is 0 Å². The molecular formula is C17H36N2. The van der Waals surface area contributed by atoms with Crippen LogP contribution in [-0.2, 0) is 0 Å². The van der Waals surface area contributed by atoms with Crippen LogP contribution in [0.15, 0.2) is 0 Å². The van der Waals surface area contributed by atoms with E-state index >= 15 is 0 Å². The molecule has 1 saturated carbocycles. The minimum absolute atomic E-state index is 0.130. The molecule has 0 radical (unpaired) electrons. The number of rotatable bonds is 7. The van der Waals surface area contributed by atoms with Crippen molar-refractivity contribution < 1.29 is 0 Å². The molecule has 0 aromatic rings. The molecule has 0 saturated heterocycles. The smallest absolute Gasteiger partial charge is 0.0161 e. The van der Waals surface area contributed by atoms with Gasteiger partial charge in [0.15, 0.2) is 0 Å². The summed E-state index contributed by atoms with van der Waals surface area (Å²) in [5, 5.41) is 3.74. The highest BCUT2D eigenvalue weighted by atomic mass is 14.9. The van der Waals surface area contributed by atoms with Crippen LogP contribution in [0, 0.1) is 16.7 Å². The molecule has 0 heterocycles. The first-order valence-corrected chi connectivity index (χ1v) is 8.08. The molecule has 1 fully saturated rings. The highest BCUT2D eigenvalue weighted by molar-refractivity contribution is 4.93. The lowest BCUT2D eigenvalue weighted by molar-refractivity contribution is 0.168. The molecule has 114 valence electrons. The van der Waals surface area contributed by atoms with Crippen LogP contribution < -0.4 is 11.1 Å². The van der Waals surface area contributed by atoms with Gasteiger partial charge < -0.3 is 11.1 Å². The Kier molecular flexibility index (Phi) is 5.48. The molecule has 2 heteroatoms. The van der Waals surface area contributed by atoms with Crippen molar-refractivity contribution in [1.82, 2.24) is 5.32 Å². The van der Waals surface area contributed by atoms with E-state index < -0.39 is 0 Å². The van der Waals surface area contributed by atoms with Crippen LogP contribution in [0.3, 0.4) is 0 Å². The lowest BCUT2D eigenvalue weighted by atomic mass is 9.74. The van der Waals surface area contributed by atoms with Gasteiger partial charge in [-0.1, -0.05) is 40.5 Å². The second-order valence-electron chi connectivity index (χ2n) is 8.51. The minimum Gasteiger partial charge on any atom is -0.325 e.